The lowest BCUT2D eigenvalue weighted by atomic mass is 9.97. The van der Waals surface area contributed by atoms with Crippen molar-refractivity contribution in [3.05, 3.63) is 0 Å². The molecular formula is C51H101NO9. The van der Waals surface area contributed by atoms with Crippen LogP contribution in [0.5, 0.6) is 0 Å². The lowest BCUT2D eigenvalue weighted by Crippen LogP contribution is -2.59. The van der Waals surface area contributed by atoms with Gasteiger partial charge in [-0.3, -0.25) is 4.79 Å². The van der Waals surface area contributed by atoms with Crippen molar-refractivity contribution in [1.82, 2.24) is 5.32 Å². The number of aliphatic hydroxyl groups is 6. The quantitative estimate of drug-likeness (QED) is 0.0295. The van der Waals surface area contributed by atoms with Gasteiger partial charge in [-0.1, -0.05) is 232 Å². The molecule has 364 valence electrons. The molecule has 1 amide bonds. The summed E-state index contributed by atoms with van der Waals surface area (Å²) in [5, 5.41) is 65.2. The number of carbonyl (C=O) groups is 1. The number of nitrogens with one attached hydrogen (secondary N) is 1. The Balaban J connectivity index is 2.27. The van der Waals surface area contributed by atoms with Crippen molar-refractivity contribution in [2.75, 3.05) is 13.2 Å². The van der Waals surface area contributed by atoms with Gasteiger partial charge in [0, 0.05) is 6.42 Å². The third kappa shape index (κ3) is 31.6. The highest BCUT2D eigenvalue weighted by Gasteiger charge is 2.44. The number of ether oxygens (including phenoxy) is 2. The third-order valence-electron chi connectivity index (χ3n) is 13.1. The predicted octanol–water partition coefficient (Wildman–Crippen LogP) is 10.9. The van der Waals surface area contributed by atoms with Crippen molar-refractivity contribution < 1.29 is 44.9 Å². The van der Waals surface area contributed by atoms with Gasteiger partial charge in [-0.2, -0.15) is 0 Å². The first-order valence-electron chi connectivity index (χ1n) is 26.3. The molecule has 10 heteroatoms. The summed E-state index contributed by atoms with van der Waals surface area (Å²) in [5.41, 5.74) is 0. The summed E-state index contributed by atoms with van der Waals surface area (Å²) in [7, 11) is 0. The fourth-order valence-electron chi connectivity index (χ4n) is 8.83. The average molecular weight is 872 g/mol. The highest BCUT2D eigenvalue weighted by molar-refractivity contribution is 5.76. The zero-order valence-corrected chi connectivity index (χ0v) is 39.8. The Morgan fingerprint density at radius 3 is 1.25 bits per heavy atom. The largest absolute Gasteiger partial charge is 0.394 e. The summed E-state index contributed by atoms with van der Waals surface area (Å²) in [4.78, 5) is 13.0. The van der Waals surface area contributed by atoms with E-state index >= 15 is 0 Å². The van der Waals surface area contributed by atoms with E-state index in [-0.39, 0.29) is 18.9 Å². The first kappa shape index (κ1) is 58.2. The molecule has 0 bridgehead atoms. The number of hydrogen-bond acceptors (Lipinski definition) is 9. The van der Waals surface area contributed by atoms with Crippen LogP contribution in [0.4, 0.5) is 0 Å². The van der Waals surface area contributed by atoms with E-state index in [0.29, 0.717) is 12.8 Å². The molecule has 1 aliphatic rings. The number of carbonyl (C=O) groups excluding carboxylic acids is 1. The van der Waals surface area contributed by atoms with E-state index in [9.17, 15) is 35.4 Å². The number of amides is 1. The second kappa shape index (κ2) is 41.8. The maximum absolute atomic E-state index is 13.0. The first-order valence-corrected chi connectivity index (χ1v) is 26.3. The molecule has 1 heterocycles. The molecule has 8 atom stereocenters. The predicted molar refractivity (Wildman–Crippen MR) is 250 cm³/mol. The maximum atomic E-state index is 13.0. The van der Waals surface area contributed by atoms with Gasteiger partial charge in [-0.15, -0.1) is 0 Å². The minimum Gasteiger partial charge on any atom is -0.394 e. The zero-order chi connectivity index (χ0) is 44.6. The van der Waals surface area contributed by atoms with Gasteiger partial charge in [0.1, 0.15) is 30.5 Å². The van der Waals surface area contributed by atoms with Crippen LogP contribution in [0.3, 0.4) is 0 Å². The molecule has 1 fully saturated rings. The van der Waals surface area contributed by atoms with Crippen LogP contribution < -0.4 is 5.32 Å². The van der Waals surface area contributed by atoms with Gasteiger partial charge in [-0.25, -0.2) is 0 Å². The minimum absolute atomic E-state index is 0.0601. The molecule has 0 unspecified atom stereocenters. The van der Waals surface area contributed by atoms with E-state index in [0.717, 1.165) is 38.5 Å². The second-order valence-electron chi connectivity index (χ2n) is 18.8. The van der Waals surface area contributed by atoms with Crippen LogP contribution in [-0.2, 0) is 14.3 Å². The molecule has 1 rings (SSSR count). The Morgan fingerprint density at radius 2 is 0.869 bits per heavy atom. The smallest absolute Gasteiger partial charge is 0.220 e. The van der Waals surface area contributed by atoms with Crippen LogP contribution in [0, 0.1) is 0 Å². The molecule has 10 nitrogen and oxygen atoms in total. The molecule has 0 saturated carbocycles. The van der Waals surface area contributed by atoms with E-state index in [4.69, 9.17) is 9.47 Å². The summed E-state index contributed by atoms with van der Waals surface area (Å²) < 4.78 is 11.1. The molecule has 0 aromatic carbocycles. The van der Waals surface area contributed by atoms with Gasteiger partial charge >= 0.3 is 0 Å². The molecule has 61 heavy (non-hydrogen) atoms. The molecular weight excluding hydrogens is 771 g/mol. The molecule has 0 aromatic heterocycles. The molecule has 0 aliphatic carbocycles. The number of rotatable bonds is 45. The average Bonchev–Trinajstić information content (AvgIpc) is 3.26. The Hall–Kier alpha value is -0.850. The van der Waals surface area contributed by atoms with E-state index < -0.39 is 55.6 Å². The molecule has 0 aromatic rings. The highest BCUT2D eigenvalue weighted by Crippen LogP contribution is 2.23. The van der Waals surface area contributed by atoms with E-state index in [1.54, 1.807) is 0 Å². The van der Waals surface area contributed by atoms with E-state index in [1.807, 2.05) is 0 Å². The molecule has 0 radical (unpaired) electrons. The van der Waals surface area contributed by atoms with E-state index in [1.165, 1.54) is 186 Å². The van der Waals surface area contributed by atoms with Gasteiger partial charge in [0.25, 0.3) is 0 Å². The van der Waals surface area contributed by atoms with Crippen LogP contribution in [0.1, 0.15) is 258 Å². The Bertz CT molecular complexity index is 942. The fourth-order valence-corrected chi connectivity index (χ4v) is 8.83. The van der Waals surface area contributed by atoms with Crippen LogP contribution in [-0.4, -0.2) is 98.7 Å². The van der Waals surface area contributed by atoms with Crippen LogP contribution in [0.15, 0.2) is 0 Å². The summed E-state index contributed by atoms with van der Waals surface area (Å²) in [6.07, 6.45) is 36.5. The topological polar surface area (TPSA) is 169 Å². The summed E-state index contributed by atoms with van der Waals surface area (Å²) in [5.74, 6) is -0.182. The molecule has 0 spiro atoms. The molecule has 1 saturated heterocycles. The highest BCUT2D eigenvalue weighted by atomic mass is 16.7. The standard InChI is InChI=1S/C51H101NO9/c1-3-5-7-9-11-13-15-17-18-19-20-21-22-23-24-25-26-27-29-31-33-35-37-39-46(55)52-43(40-41-60-51-50(59)49(58)48(57)45(42-53)61-51)47(56)44(54)38-36-34-32-30-28-16-14-12-10-8-6-4-2/h43-45,47-51,53-54,56-59H,3-42H2,1-2H3,(H,52,55)/t43-,44+,45+,47-,48-,49-,50+,51-/m0/s1. The van der Waals surface area contributed by atoms with Gasteiger partial charge in [0.2, 0.25) is 5.91 Å². The SMILES string of the molecule is CCCCCCCCCCCCCCCCCCCCCCCCCC(=O)N[C@@H](CCO[C@H]1O[C@H](CO)[C@H](O)[C@H](O)[C@H]1O)[C@H](O)[C@H](O)CCCCCCCCCCCCCC. The first-order chi connectivity index (χ1) is 29.8. The lowest BCUT2D eigenvalue weighted by molar-refractivity contribution is -0.301. The van der Waals surface area contributed by atoms with Gasteiger partial charge in [-0.05, 0) is 19.3 Å². The Morgan fingerprint density at radius 1 is 0.508 bits per heavy atom. The van der Waals surface area contributed by atoms with Crippen LogP contribution in [0.2, 0.25) is 0 Å². The van der Waals surface area contributed by atoms with Gasteiger partial charge in [0.15, 0.2) is 6.29 Å². The van der Waals surface area contributed by atoms with Crippen molar-refractivity contribution in [1.29, 1.82) is 0 Å². The summed E-state index contributed by atoms with van der Waals surface area (Å²) >= 11 is 0. The van der Waals surface area contributed by atoms with E-state index in [2.05, 4.69) is 19.2 Å². The van der Waals surface area contributed by atoms with Gasteiger partial charge < -0.3 is 45.4 Å². The molecule has 1 aliphatic heterocycles. The van der Waals surface area contributed by atoms with Gasteiger partial charge in [0.05, 0.1) is 25.4 Å². The Kier molecular flexibility index (Phi) is 39.9. The normalized spacial score (nSPS) is 20.8. The number of hydrogen-bond donors (Lipinski definition) is 7. The summed E-state index contributed by atoms with van der Waals surface area (Å²) in [6, 6.07) is -0.783. The minimum atomic E-state index is -1.56. The van der Waals surface area contributed by atoms with Crippen molar-refractivity contribution >= 4 is 5.91 Å². The third-order valence-corrected chi connectivity index (χ3v) is 13.1. The van der Waals surface area contributed by atoms with Crippen molar-refractivity contribution in [2.45, 2.75) is 307 Å². The lowest BCUT2D eigenvalue weighted by Gasteiger charge is -2.39. The monoisotopic (exact) mass is 872 g/mol. The van der Waals surface area contributed by atoms with Crippen LogP contribution >= 0.6 is 0 Å². The maximum Gasteiger partial charge on any atom is 0.220 e. The molecule has 7 N–H and O–H groups in total. The summed E-state index contributed by atoms with van der Waals surface area (Å²) in [6.45, 7) is 3.90. The fraction of sp³-hybridized carbons (Fsp3) is 0.980. The van der Waals surface area contributed by atoms with Crippen molar-refractivity contribution in [3.8, 4) is 0 Å². The van der Waals surface area contributed by atoms with Crippen molar-refractivity contribution in [2.24, 2.45) is 0 Å². The van der Waals surface area contributed by atoms with Crippen molar-refractivity contribution in [3.63, 3.8) is 0 Å². The van der Waals surface area contributed by atoms with Crippen LogP contribution in [0.25, 0.3) is 0 Å². The zero-order valence-electron chi connectivity index (χ0n) is 39.8. The number of unbranched alkanes of at least 4 members (excludes halogenated alkanes) is 33. The second-order valence-corrected chi connectivity index (χ2v) is 18.8. The Labute approximate surface area is 375 Å². The number of aliphatic hydroxyl groups excluding tert-OH is 6.